The first-order valence-corrected chi connectivity index (χ1v) is 14.3. The number of hydrogen-bond donors (Lipinski definition) is 3. The van der Waals surface area contributed by atoms with Crippen molar-refractivity contribution in [3.05, 3.63) is 124 Å². The summed E-state index contributed by atoms with van der Waals surface area (Å²) in [7, 11) is 1.84. The van der Waals surface area contributed by atoms with Crippen LogP contribution in [0.4, 0.5) is 10.5 Å². The van der Waals surface area contributed by atoms with Gasteiger partial charge in [0.05, 0.1) is 11.3 Å². The number of fused-ring (bicyclic) bond motifs is 3. The number of carboxylic acids is 1. The van der Waals surface area contributed by atoms with Crippen LogP contribution < -0.4 is 10.6 Å². The van der Waals surface area contributed by atoms with Gasteiger partial charge in [0.25, 0.3) is 0 Å². The van der Waals surface area contributed by atoms with Crippen LogP contribution in [-0.4, -0.2) is 54.2 Å². The zero-order chi connectivity index (χ0) is 29.6. The molecule has 4 aromatic carbocycles. The second-order valence-corrected chi connectivity index (χ2v) is 11.0. The number of halogens is 1. The zero-order valence-corrected chi connectivity index (χ0v) is 24.5. The minimum Gasteiger partial charge on any atom is -0.478 e. The van der Waals surface area contributed by atoms with Gasteiger partial charge in [-0.2, -0.15) is 0 Å². The molecule has 0 spiro atoms. The molecule has 1 aliphatic carbocycles. The first-order valence-electron chi connectivity index (χ1n) is 13.5. The second-order valence-electron chi connectivity index (χ2n) is 10.2. The molecule has 0 bridgehead atoms. The van der Waals surface area contributed by atoms with E-state index in [4.69, 9.17) is 4.74 Å². The van der Waals surface area contributed by atoms with Gasteiger partial charge in [-0.3, -0.25) is 9.69 Å². The van der Waals surface area contributed by atoms with Crippen LogP contribution in [0, 0.1) is 0 Å². The Bertz CT molecular complexity index is 1570. The first-order chi connectivity index (χ1) is 20.3. The molecular weight excluding hydrogens is 598 g/mol. The molecule has 8 nitrogen and oxygen atoms in total. The third-order valence-corrected chi connectivity index (χ3v) is 7.89. The van der Waals surface area contributed by atoms with E-state index in [1.54, 1.807) is 12.1 Å². The molecule has 1 atom stereocenters. The van der Waals surface area contributed by atoms with E-state index in [1.807, 2.05) is 78.7 Å². The second kappa shape index (κ2) is 13.0. The summed E-state index contributed by atoms with van der Waals surface area (Å²) in [4.78, 5) is 40.4. The maximum absolute atomic E-state index is 13.5. The van der Waals surface area contributed by atoms with E-state index in [0.717, 1.165) is 27.8 Å². The van der Waals surface area contributed by atoms with Crippen molar-refractivity contribution < 1.29 is 24.2 Å². The average Bonchev–Trinajstić information content (AvgIpc) is 3.30. The summed E-state index contributed by atoms with van der Waals surface area (Å²) in [5.41, 5.74) is 5.47. The number of anilines is 1. The van der Waals surface area contributed by atoms with Crippen molar-refractivity contribution >= 4 is 39.6 Å². The fourth-order valence-electron chi connectivity index (χ4n) is 5.29. The summed E-state index contributed by atoms with van der Waals surface area (Å²) < 4.78 is 6.11. The van der Waals surface area contributed by atoms with Crippen molar-refractivity contribution in [2.45, 2.75) is 18.5 Å². The van der Waals surface area contributed by atoms with E-state index in [0.29, 0.717) is 11.0 Å². The highest BCUT2D eigenvalue weighted by atomic mass is 79.9. The number of hydrogen-bond acceptors (Lipinski definition) is 5. The Kier molecular flexibility index (Phi) is 9.00. The molecule has 214 valence electrons. The Balaban J connectivity index is 1.32. The van der Waals surface area contributed by atoms with Crippen LogP contribution in [0.25, 0.3) is 11.1 Å². The highest BCUT2D eigenvalue weighted by molar-refractivity contribution is 9.10. The molecule has 42 heavy (non-hydrogen) atoms. The number of nitrogens with one attached hydrogen (secondary N) is 2. The molecular formula is C33H30BrN3O5. The van der Waals surface area contributed by atoms with Gasteiger partial charge in [0, 0.05) is 23.5 Å². The Morgan fingerprint density at radius 3 is 2.14 bits per heavy atom. The molecule has 1 aliphatic rings. The molecule has 0 radical (unpaired) electrons. The third-order valence-electron chi connectivity index (χ3n) is 7.23. The minimum absolute atomic E-state index is 0.0738. The Hall–Kier alpha value is -4.47. The third kappa shape index (κ3) is 6.53. The number of ether oxygens (including phenoxy) is 1. The van der Waals surface area contributed by atoms with Crippen LogP contribution in [0.2, 0.25) is 0 Å². The monoisotopic (exact) mass is 627 g/mol. The number of nitrogens with zero attached hydrogens (tertiary/aromatic N) is 1. The number of para-hydroxylation sites is 1. The topological polar surface area (TPSA) is 108 Å². The molecule has 3 N–H and O–H groups in total. The first kappa shape index (κ1) is 29.0. The van der Waals surface area contributed by atoms with Crippen molar-refractivity contribution in [2.75, 3.05) is 25.5 Å². The van der Waals surface area contributed by atoms with Crippen LogP contribution >= 0.6 is 15.9 Å². The number of aromatic carboxylic acids is 1. The number of carbonyl (C=O) groups is 3. The predicted molar refractivity (Wildman–Crippen MR) is 164 cm³/mol. The number of alkyl carbamates (subject to hydrolysis) is 1. The van der Waals surface area contributed by atoms with E-state index in [1.165, 1.54) is 6.07 Å². The summed E-state index contributed by atoms with van der Waals surface area (Å²) >= 11 is 3.33. The summed E-state index contributed by atoms with van der Waals surface area (Å²) in [6, 6.07) is 29.4. The van der Waals surface area contributed by atoms with Gasteiger partial charge in [-0.1, -0.05) is 84.9 Å². The summed E-state index contributed by atoms with van der Waals surface area (Å²) in [6.07, 6.45) is -0.740. The largest absolute Gasteiger partial charge is 0.478 e. The van der Waals surface area contributed by atoms with Crippen LogP contribution in [0.3, 0.4) is 0 Å². The average molecular weight is 629 g/mol. The van der Waals surface area contributed by atoms with Gasteiger partial charge < -0.3 is 20.5 Å². The predicted octanol–water partition coefficient (Wildman–Crippen LogP) is 6.13. The van der Waals surface area contributed by atoms with Gasteiger partial charge in [0.2, 0.25) is 5.91 Å². The number of carboxylic acid groups (broad SMARTS) is 1. The van der Waals surface area contributed by atoms with Gasteiger partial charge in [-0.05, 0) is 62.9 Å². The number of amides is 2. The molecule has 0 heterocycles. The molecule has 0 aliphatic heterocycles. The van der Waals surface area contributed by atoms with Gasteiger partial charge in [0.15, 0.2) is 0 Å². The minimum atomic E-state index is -1.19. The van der Waals surface area contributed by atoms with Crippen LogP contribution in [0.1, 0.15) is 33.0 Å². The lowest BCUT2D eigenvalue weighted by atomic mass is 9.98. The summed E-state index contributed by atoms with van der Waals surface area (Å²) in [6.45, 7) is 0.783. The fourth-order valence-corrected chi connectivity index (χ4v) is 5.75. The van der Waals surface area contributed by atoms with Crippen LogP contribution in [-0.2, 0) is 16.1 Å². The van der Waals surface area contributed by atoms with Crippen molar-refractivity contribution in [1.29, 1.82) is 0 Å². The van der Waals surface area contributed by atoms with Crippen molar-refractivity contribution in [2.24, 2.45) is 0 Å². The van der Waals surface area contributed by atoms with Crippen molar-refractivity contribution in [3.63, 3.8) is 0 Å². The molecule has 0 saturated carbocycles. The van der Waals surface area contributed by atoms with E-state index in [2.05, 4.69) is 38.7 Å². The van der Waals surface area contributed by atoms with Gasteiger partial charge in [-0.15, -0.1) is 0 Å². The quantitative estimate of drug-likeness (QED) is 0.195. The lowest BCUT2D eigenvalue weighted by molar-refractivity contribution is -0.118. The van der Waals surface area contributed by atoms with E-state index >= 15 is 0 Å². The number of rotatable bonds is 10. The van der Waals surface area contributed by atoms with Gasteiger partial charge >= 0.3 is 12.1 Å². The van der Waals surface area contributed by atoms with Crippen molar-refractivity contribution in [3.8, 4) is 11.1 Å². The molecule has 1 unspecified atom stereocenters. The Morgan fingerprint density at radius 2 is 1.50 bits per heavy atom. The molecule has 0 fully saturated rings. The zero-order valence-electron chi connectivity index (χ0n) is 22.9. The smallest absolute Gasteiger partial charge is 0.407 e. The van der Waals surface area contributed by atoms with Gasteiger partial charge in [0.1, 0.15) is 12.6 Å². The van der Waals surface area contributed by atoms with Crippen LogP contribution in [0.15, 0.2) is 102 Å². The lowest BCUT2D eigenvalue weighted by Crippen LogP contribution is -2.50. The number of benzene rings is 4. The Morgan fingerprint density at radius 1 is 0.881 bits per heavy atom. The molecule has 4 aromatic rings. The summed E-state index contributed by atoms with van der Waals surface area (Å²) in [5.74, 6) is -1.89. The molecule has 9 heteroatoms. The van der Waals surface area contributed by atoms with Crippen LogP contribution in [0.5, 0.6) is 0 Å². The summed E-state index contributed by atoms with van der Waals surface area (Å²) in [5, 5.41) is 15.1. The Labute approximate surface area is 252 Å². The molecule has 2 amide bonds. The molecule has 0 aromatic heterocycles. The van der Waals surface area contributed by atoms with E-state index in [9.17, 15) is 19.5 Å². The highest BCUT2D eigenvalue weighted by Gasteiger charge is 2.30. The lowest BCUT2D eigenvalue weighted by Gasteiger charge is -2.25. The SMILES string of the molecule is CN(Cc1ccccc1)CC(NC(=O)OCC1c2ccccc2-c2ccccc21)C(=O)Nc1c(Br)cccc1C(=O)O. The number of carbonyl (C=O) groups excluding carboxylic acids is 2. The normalized spacial score (nSPS) is 12.7. The maximum atomic E-state index is 13.5. The van der Waals surface area contributed by atoms with Gasteiger partial charge in [-0.25, -0.2) is 9.59 Å². The fraction of sp³-hybridized carbons (Fsp3) is 0.182. The van der Waals surface area contributed by atoms with E-state index in [-0.39, 0.29) is 30.3 Å². The van der Waals surface area contributed by atoms with Crippen molar-refractivity contribution in [1.82, 2.24) is 10.2 Å². The molecule has 5 rings (SSSR count). The standard InChI is InChI=1S/C33H30BrN3O5/c1-37(18-21-10-3-2-4-11-21)19-29(31(38)36-30-26(32(39)40)16-9-17-28(30)34)35-33(41)42-20-27-24-14-7-5-12-22(24)23-13-6-8-15-25(23)27/h2-17,27,29H,18-20H2,1H3,(H,35,41)(H,36,38)(H,39,40). The highest BCUT2D eigenvalue weighted by Crippen LogP contribution is 2.44. The number of likely N-dealkylation sites (N-methyl/N-ethyl adjacent to an activating group) is 1. The maximum Gasteiger partial charge on any atom is 0.407 e. The molecule has 0 saturated heterocycles. The van der Waals surface area contributed by atoms with E-state index < -0.39 is 24.0 Å².